The van der Waals surface area contributed by atoms with Gasteiger partial charge >= 0.3 is 0 Å². The van der Waals surface area contributed by atoms with Crippen molar-refractivity contribution in [1.29, 1.82) is 0 Å². The van der Waals surface area contributed by atoms with E-state index in [0.717, 1.165) is 10.2 Å². The van der Waals surface area contributed by atoms with Gasteiger partial charge in [-0.2, -0.15) is 5.10 Å². The fraction of sp³-hybridized carbons (Fsp3) is 0.400. The third-order valence-electron chi connectivity index (χ3n) is 1.14. The highest BCUT2D eigenvalue weighted by atomic mass is 79.9. The Morgan fingerprint density at radius 2 is 2.56 bits per heavy atom. The predicted octanol–water partition coefficient (Wildman–Crippen LogP) is 1.92. The molecule has 0 radical (unpaired) electrons. The van der Waals surface area contributed by atoms with Gasteiger partial charge in [-0.3, -0.25) is 4.68 Å². The van der Waals surface area contributed by atoms with Crippen molar-refractivity contribution in [3.63, 3.8) is 0 Å². The molecule has 0 fully saturated rings. The maximum absolute atomic E-state index is 5.59. The van der Waals surface area contributed by atoms with Crippen molar-refractivity contribution in [2.45, 2.75) is 5.88 Å². The topological polar surface area (TPSA) is 17.8 Å². The van der Waals surface area contributed by atoms with Crippen molar-refractivity contribution in [3.05, 3.63) is 16.4 Å². The molecule has 1 heterocycles. The molecule has 50 valence electrons. The zero-order valence-corrected chi connectivity index (χ0v) is 7.28. The van der Waals surface area contributed by atoms with E-state index in [0.29, 0.717) is 5.88 Å². The van der Waals surface area contributed by atoms with Crippen molar-refractivity contribution < 1.29 is 0 Å². The monoisotopic (exact) mass is 208 g/mol. The first kappa shape index (κ1) is 7.09. The van der Waals surface area contributed by atoms with Crippen molar-refractivity contribution in [1.82, 2.24) is 9.78 Å². The molecule has 0 aliphatic rings. The minimum Gasteiger partial charge on any atom is -0.270 e. The first-order valence-electron chi connectivity index (χ1n) is 2.48. The van der Waals surface area contributed by atoms with Gasteiger partial charge in [0.2, 0.25) is 0 Å². The van der Waals surface area contributed by atoms with Crippen LogP contribution in [0.4, 0.5) is 0 Å². The van der Waals surface area contributed by atoms with Crippen LogP contribution < -0.4 is 0 Å². The highest BCUT2D eigenvalue weighted by molar-refractivity contribution is 9.10. The third-order valence-corrected chi connectivity index (χ3v) is 2.05. The number of halogens is 2. The highest BCUT2D eigenvalue weighted by Crippen LogP contribution is 2.16. The fourth-order valence-electron chi connectivity index (χ4n) is 0.586. The zero-order valence-electron chi connectivity index (χ0n) is 4.93. The molecule has 0 bridgehead atoms. The Bertz CT molecular complexity index is 189. The molecule has 1 rings (SSSR count). The minimum atomic E-state index is 0.497. The number of nitrogens with zero attached hydrogens (tertiary/aromatic N) is 2. The highest BCUT2D eigenvalue weighted by Gasteiger charge is 2.01. The summed E-state index contributed by atoms with van der Waals surface area (Å²) in [5.74, 6) is 0.497. The van der Waals surface area contributed by atoms with Gasteiger partial charge in [-0.25, -0.2) is 0 Å². The molecular formula is C5H6BrClN2. The Hall–Kier alpha value is -0.0200. The number of hydrogen-bond donors (Lipinski definition) is 0. The molecule has 1 aromatic rings. The molecule has 0 atom stereocenters. The van der Waals surface area contributed by atoms with Crippen LogP contribution in [0.15, 0.2) is 10.7 Å². The summed E-state index contributed by atoms with van der Waals surface area (Å²) in [4.78, 5) is 0. The summed E-state index contributed by atoms with van der Waals surface area (Å²) in [6.07, 6.45) is 1.73. The van der Waals surface area contributed by atoms with Crippen LogP contribution in [0, 0.1) is 0 Å². The van der Waals surface area contributed by atoms with Crippen LogP contribution >= 0.6 is 27.5 Å². The Balaban J connectivity index is 3.07. The molecule has 0 N–H and O–H groups in total. The normalized spacial score (nSPS) is 10.1. The molecule has 2 nitrogen and oxygen atoms in total. The first-order valence-corrected chi connectivity index (χ1v) is 3.81. The van der Waals surface area contributed by atoms with Crippen LogP contribution in [0.3, 0.4) is 0 Å². The van der Waals surface area contributed by atoms with E-state index in [1.54, 1.807) is 10.9 Å². The molecule has 0 saturated heterocycles. The van der Waals surface area contributed by atoms with Crippen LogP contribution in [0.5, 0.6) is 0 Å². The zero-order chi connectivity index (χ0) is 6.85. The smallest absolute Gasteiger partial charge is 0.0670 e. The molecule has 0 aromatic carbocycles. The van der Waals surface area contributed by atoms with E-state index in [-0.39, 0.29) is 0 Å². The summed E-state index contributed by atoms with van der Waals surface area (Å²) >= 11 is 8.90. The largest absolute Gasteiger partial charge is 0.270 e. The molecule has 0 spiro atoms. The molecule has 0 aliphatic heterocycles. The summed E-state index contributed by atoms with van der Waals surface area (Å²) in [7, 11) is 1.86. The number of aromatic nitrogens is 2. The van der Waals surface area contributed by atoms with Gasteiger partial charge in [0.1, 0.15) is 0 Å². The van der Waals surface area contributed by atoms with Gasteiger partial charge in [0.25, 0.3) is 0 Å². The van der Waals surface area contributed by atoms with E-state index in [4.69, 9.17) is 11.6 Å². The van der Waals surface area contributed by atoms with Gasteiger partial charge in [-0.05, 0) is 15.9 Å². The van der Waals surface area contributed by atoms with Crippen LogP contribution in [0.1, 0.15) is 5.69 Å². The molecule has 9 heavy (non-hydrogen) atoms. The maximum Gasteiger partial charge on any atom is 0.0670 e. The number of rotatable bonds is 1. The van der Waals surface area contributed by atoms with E-state index in [9.17, 15) is 0 Å². The van der Waals surface area contributed by atoms with Gasteiger partial charge in [-0.1, -0.05) is 0 Å². The van der Waals surface area contributed by atoms with Crippen LogP contribution in [-0.2, 0) is 12.9 Å². The number of aryl methyl sites for hydroxylation is 1. The lowest BCUT2D eigenvalue weighted by atomic mass is 10.5. The summed E-state index contributed by atoms with van der Waals surface area (Å²) in [5.41, 5.74) is 1.01. The Kier molecular flexibility index (Phi) is 2.13. The quantitative estimate of drug-likeness (QED) is 0.646. The fourth-order valence-corrected chi connectivity index (χ4v) is 1.55. The standard InChI is InChI=1S/C5H6BrClN2/c1-9-5(2-7)4(6)3-8-9/h3H,2H2,1H3. The summed E-state index contributed by atoms with van der Waals surface area (Å²) in [6, 6.07) is 0. The molecule has 1 aromatic heterocycles. The molecule has 0 aliphatic carbocycles. The summed E-state index contributed by atoms with van der Waals surface area (Å²) in [5, 5.41) is 3.97. The van der Waals surface area contributed by atoms with E-state index in [1.807, 2.05) is 7.05 Å². The third kappa shape index (κ3) is 1.27. The van der Waals surface area contributed by atoms with Crippen molar-refractivity contribution in [3.8, 4) is 0 Å². The first-order chi connectivity index (χ1) is 4.25. The van der Waals surface area contributed by atoms with Crippen LogP contribution in [0.2, 0.25) is 0 Å². The van der Waals surface area contributed by atoms with E-state index < -0.39 is 0 Å². The molecule has 0 amide bonds. The Morgan fingerprint density at radius 3 is 2.78 bits per heavy atom. The second-order valence-electron chi connectivity index (χ2n) is 1.70. The summed E-state index contributed by atoms with van der Waals surface area (Å²) < 4.78 is 2.72. The van der Waals surface area contributed by atoms with Crippen LogP contribution in [-0.4, -0.2) is 9.78 Å². The minimum absolute atomic E-state index is 0.497. The SMILES string of the molecule is Cn1ncc(Br)c1CCl. The Labute approximate surface area is 66.9 Å². The molecule has 0 unspecified atom stereocenters. The van der Waals surface area contributed by atoms with Crippen molar-refractivity contribution >= 4 is 27.5 Å². The molecule has 4 heteroatoms. The van der Waals surface area contributed by atoms with Crippen molar-refractivity contribution in [2.24, 2.45) is 7.05 Å². The lowest BCUT2D eigenvalue weighted by molar-refractivity contribution is 0.734. The van der Waals surface area contributed by atoms with E-state index in [2.05, 4.69) is 21.0 Å². The van der Waals surface area contributed by atoms with Crippen LogP contribution in [0.25, 0.3) is 0 Å². The van der Waals surface area contributed by atoms with Gasteiger partial charge in [0, 0.05) is 7.05 Å². The number of alkyl halides is 1. The molecule has 0 saturated carbocycles. The summed E-state index contributed by atoms with van der Waals surface area (Å²) in [6.45, 7) is 0. The average Bonchev–Trinajstić information content (AvgIpc) is 2.12. The Morgan fingerprint density at radius 1 is 1.89 bits per heavy atom. The van der Waals surface area contributed by atoms with Gasteiger partial charge in [0.05, 0.1) is 22.2 Å². The predicted molar refractivity (Wildman–Crippen MR) is 40.5 cm³/mol. The lowest BCUT2D eigenvalue weighted by Gasteiger charge is -1.94. The maximum atomic E-state index is 5.59. The lowest BCUT2D eigenvalue weighted by Crippen LogP contribution is -1.94. The molecular weight excluding hydrogens is 203 g/mol. The average molecular weight is 209 g/mol. The number of hydrogen-bond acceptors (Lipinski definition) is 1. The van der Waals surface area contributed by atoms with Gasteiger partial charge in [0.15, 0.2) is 0 Å². The van der Waals surface area contributed by atoms with E-state index >= 15 is 0 Å². The second-order valence-corrected chi connectivity index (χ2v) is 2.82. The second kappa shape index (κ2) is 2.71. The van der Waals surface area contributed by atoms with Crippen molar-refractivity contribution in [2.75, 3.05) is 0 Å². The van der Waals surface area contributed by atoms with Gasteiger partial charge in [-0.15, -0.1) is 11.6 Å². The van der Waals surface area contributed by atoms with Gasteiger partial charge < -0.3 is 0 Å². The van der Waals surface area contributed by atoms with E-state index in [1.165, 1.54) is 0 Å².